The van der Waals surface area contributed by atoms with Crippen LogP contribution >= 0.6 is 0 Å². The smallest absolute Gasteiger partial charge is 0.279 e. The number of anilines is 1. The van der Waals surface area contributed by atoms with Crippen LogP contribution in [-0.2, 0) is 11.3 Å². The third-order valence-corrected chi connectivity index (χ3v) is 8.69. The summed E-state index contributed by atoms with van der Waals surface area (Å²) in [5, 5.41) is 12.5. The van der Waals surface area contributed by atoms with E-state index < -0.39 is 6.41 Å². The molecule has 0 radical (unpaired) electrons. The number of hydrogen-bond acceptors (Lipinski definition) is 8. The van der Waals surface area contributed by atoms with Gasteiger partial charge in [0, 0.05) is 69.2 Å². The molecule has 1 aromatic carbocycles. The van der Waals surface area contributed by atoms with Gasteiger partial charge in [-0.1, -0.05) is 6.07 Å². The summed E-state index contributed by atoms with van der Waals surface area (Å²) >= 11 is 0. The molecule has 5 aliphatic rings. The molecule has 9 nitrogen and oxygen atoms in total. The Labute approximate surface area is 223 Å². The number of carbonyl (C=O) groups is 1. The molecule has 5 heterocycles. The third kappa shape index (κ3) is 5.07. The first-order valence-corrected chi connectivity index (χ1v) is 14.1. The fourth-order valence-electron chi connectivity index (χ4n) is 6.42. The number of carbonyl (C=O) groups excluding carboxylic acids is 1. The number of ether oxygens (including phenoxy) is 3. The van der Waals surface area contributed by atoms with Crippen molar-refractivity contribution in [2.45, 2.75) is 44.6 Å². The molecule has 1 aliphatic carbocycles. The molecule has 4 aliphatic heterocycles. The number of likely N-dealkylation sites (tertiary alicyclic amines) is 2. The van der Waals surface area contributed by atoms with Gasteiger partial charge >= 0.3 is 0 Å². The zero-order valence-electron chi connectivity index (χ0n) is 21.7. The standard InChI is InChI=1S/C29H36N4O5/c34-28(21-10-25(20-2-3-20)30-27(11-21)37-17-18-5-7-36-8-6-18)33-15-22-13-32(14-23(22)16-33)12-19-1-4-24-26(9-19)38-29(35)31-24/h1,4,9-11,18,20,22-23,29,31,35H,2-3,5-8,12-17H2. The lowest BCUT2D eigenvalue weighted by atomic mass is 10.0. The number of amides is 1. The van der Waals surface area contributed by atoms with Gasteiger partial charge in [0.1, 0.15) is 5.75 Å². The predicted molar refractivity (Wildman–Crippen MR) is 140 cm³/mol. The van der Waals surface area contributed by atoms with Crippen LogP contribution in [0.4, 0.5) is 5.69 Å². The van der Waals surface area contributed by atoms with E-state index in [0.717, 1.165) is 88.6 Å². The fourth-order valence-corrected chi connectivity index (χ4v) is 6.42. The van der Waals surface area contributed by atoms with Crippen molar-refractivity contribution in [1.82, 2.24) is 14.8 Å². The van der Waals surface area contributed by atoms with Crippen LogP contribution in [0.3, 0.4) is 0 Å². The van der Waals surface area contributed by atoms with Crippen molar-refractivity contribution < 1.29 is 24.1 Å². The number of aliphatic hydroxyl groups excluding tert-OH is 1. The summed E-state index contributed by atoms with van der Waals surface area (Å²) in [4.78, 5) is 22.9. The molecule has 202 valence electrons. The Bertz CT molecular complexity index is 1180. The van der Waals surface area contributed by atoms with Crippen LogP contribution in [0.1, 0.15) is 53.2 Å². The second kappa shape index (κ2) is 10.0. The number of pyridine rings is 1. The van der Waals surface area contributed by atoms with Gasteiger partial charge in [-0.3, -0.25) is 9.69 Å². The van der Waals surface area contributed by atoms with Gasteiger partial charge in [0.25, 0.3) is 12.3 Å². The Morgan fingerprint density at radius 1 is 1.05 bits per heavy atom. The van der Waals surface area contributed by atoms with E-state index in [9.17, 15) is 9.90 Å². The van der Waals surface area contributed by atoms with Crippen molar-refractivity contribution in [1.29, 1.82) is 0 Å². The molecular formula is C29H36N4O5. The van der Waals surface area contributed by atoms with E-state index in [1.807, 2.05) is 29.2 Å². The first kappa shape index (κ1) is 24.2. The molecule has 1 saturated carbocycles. The minimum absolute atomic E-state index is 0.105. The van der Waals surface area contributed by atoms with E-state index in [4.69, 9.17) is 19.2 Å². The first-order chi connectivity index (χ1) is 18.6. The highest BCUT2D eigenvalue weighted by molar-refractivity contribution is 5.95. The van der Waals surface area contributed by atoms with Gasteiger partial charge in [-0.2, -0.15) is 0 Å². The fraction of sp³-hybridized carbons (Fsp3) is 0.586. The SMILES string of the molecule is O=C(c1cc(OCC2CCOCC2)nc(C2CC2)c1)N1CC2CN(Cc3ccc4c(c3)OC(O)N4)CC2C1. The highest BCUT2D eigenvalue weighted by atomic mass is 16.6. The van der Waals surface area contributed by atoms with E-state index >= 15 is 0 Å². The lowest BCUT2D eigenvalue weighted by Crippen LogP contribution is -2.33. The van der Waals surface area contributed by atoms with Crippen molar-refractivity contribution >= 4 is 11.6 Å². The van der Waals surface area contributed by atoms with E-state index in [2.05, 4.69) is 16.3 Å². The van der Waals surface area contributed by atoms with Crippen LogP contribution < -0.4 is 14.8 Å². The zero-order chi connectivity index (χ0) is 25.6. The van der Waals surface area contributed by atoms with E-state index in [-0.39, 0.29) is 5.91 Å². The summed E-state index contributed by atoms with van der Waals surface area (Å²) < 4.78 is 17.0. The minimum Gasteiger partial charge on any atom is -0.477 e. The molecule has 1 amide bonds. The normalized spacial score (nSPS) is 27.1. The molecule has 4 fully saturated rings. The molecule has 3 atom stereocenters. The Kier molecular flexibility index (Phi) is 6.38. The van der Waals surface area contributed by atoms with E-state index in [0.29, 0.717) is 41.9 Å². The number of fused-ring (bicyclic) bond motifs is 2. The Morgan fingerprint density at radius 2 is 1.84 bits per heavy atom. The van der Waals surface area contributed by atoms with Gasteiger partial charge in [-0.15, -0.1) is 0 Å². The predicted octanol–water partition coefficient (Wildman–Crippen LogP) is 3.05. The molecule has 7 rings (SSSR count). The molecule has 0 spiro atoms. The summed E-state index contributed by atoms with van der Waals surface area (Å²) in [6, 6.07) is 9.91. The highest BCUT2D eigenvalue weighted by Crippen LogP contribution is 2.41. The quantitative estimate of drug-likeness (QED) is 0.575. The largest absolute Gasteiger partial charge is 0.477 e. The summed E-state index contributed by atoms with van der Waals surface area (Å²) in [6.07, 6.45) is 3.35. The Balaban J connectivity index is 0.975. The molecule has 1 aromatic heterocycles. The number of rotatable bonds is 7. The second-order valence-corrected chi connectivity index (χ2v) is 11.6. The van der Waals surface area contributed by atoms with Crippen LogP contribution in [0.2, 0.25) is 0 Å². The maximum Gasteiger partial charge on any atom is 0.279 e. The Morgan fingerprint density at radius 3 is 2.61 bits per heavy atom. The summed E-state index contributed by atoms with van der Waals surface area (Å²) in [5.41, 5.74) is 3.72. The molecule has 2 aromatic rings. The van der Waals surface area contributed by atoms with Crippen LogP contribution in [0.15, 0.2) is 30.3 Å². The van der Waals surface area contributed by atoms with E-state index in [1.54, 1.807) is 0 Å². The zero-order valence-corrected chi connectivity index (χ0v) is 21.7. The minimum atomic E-state index is -0.967. The summed E-state index contributed by atoms with van der Waals surface area (Å²) in [5.74, 6) is 3.32. The summed E-state index contributed by atoms with van der Waals surface area (Å²) in [6.45, 7) is 6.63. The van der Waals surface area contributed by atoms with Gasteiger partial charge in [0.2, 0.25) is 5.88 Å². The van der Waals surface area contributed by atoms with Crippen molar-refractivity contribution in [3.63, 3.8) is 0 Å². The van der Waals surface area contributed by atoms with Crippen molar-refractivity contribution in [3.05, 3.63) is 47.2 Å². The molecule has 3 unspecified atom stereocenters. The van der Waals surface area contributed by atoms with Crippen LogP contribution in [-0.4, -0.2) is 78.2 Å². The van der Waals surface area contributed by atoms with Gasteiger partial charge in [-0.25, -0.2) is 4.98 Å². The molecule has 3 saturated heterocycles. The van der Waals surface area contributed by atoms with Crippen molar-refractivity contribution in [2.75, 3.05) is 51.3 Å². The van der Waals surface area contributed by atoms with Gasteiger partial charge < -0.3 is 29.5 Å². The molecule has 38 heavy (non-hydrogen) atoms. The summed E-state index contributed by atoms with van der Waals surface area (Å²) in [7, 11) is 0. The topological polar surface area (TPSA) is 96.4 Å². The van der Waals surface area contributed by atoms with E-state index in [1.165, 1.54) is 5.56 Å². The number of aliphatic hydroxyl groups is 1. The second-order valence-electron chi connectivity index (χ2n) is 11.6. The highest BCUT2D eigenvalue weighted by Gasteiger charge is 2.42. The van der Waals surface area contributed by atoms with Crippen LogP contribution in [0.5, 0.6) is 11.6 Å². The maximum absolute atomic E-state index is 13.6. The molecule has 0 bridgehead atoms. The third-order valence-electron chi connectivity index (χ3n) is 8.69. The number of aromatic nitrogens is 1. The average molecular weight is 521 g/mol. The lowest BCUT2D eigenvalue weighted by molar-refractivity contribution is 0.0211. The van der Waals surface area contributed by atoms with Gasteiger partial charge in [-0.05, 0) is 67.2 Å². The number of nitrogens with zero attached hydrogens (tertiary/aromatic N) is 3. The van der Waals surface area contributed by atoms with Crippen molar-refractivity contribution in [3.8, 4) is 11.6 Å². The van der Waals surface area contributed by atoms with Crippen molar-refractivity contribution in [2.24, 2.45) is 17.8 Å². The van der Waals surface area contributed by atoms with Crippen LogP contribution in [0.25, 0.3) is 0 Å². The Hall–Kier alpha value is -2.88. The monoisotopic (exact) mass is 520 g/mol. The molecule has 2 N–H and O–H groups in total. The first-order valence-electron chi connectivity index (χ1n) is 14.1. The molecule has 9 heteroatoms. The van der Waals surface area contributed by atoms with Gasteiger partial charge in [0.05, 0.1) is 12.3 Å². The average Bonchev–Trinajstić information content (AvgIpc) is 3.46. The number of hydrogen-bond donors (Lipinski definition) is 2. The number of nitrogens with one attached hydrogen (secondary N) is 1. The molecular weight excluding hydrogens is 484 g/mol. The van der Waals surface area contributed by atoms with Gasteiger partial charge in [0.15, 0.2) is 0 Å². The lowest BCUT2D eigenvalue weighted by Gasteiger charge is -2.23. The number of benzene rings is 1. The maximum atomic E-state index is 13.6. The van der Waals surface area contributed by atoms with Crippen LogP contribution in [0, 0.1) is 17.8 Å².